The topological polar surface area (TPSA) is 87.4 Å². The zero-order valence-corrected chi connectivity index (χ0v) is 29.1. The van der Waals surface area contributed by atoms with Crippen LogP contribution in [0.4, 0.5) is 10.2 Å². The van der Waals surface area contributed by atoms with Crippen molar-refractivity contribution in [3.8, 4) is 28.1 Å². The van der Waals surface area contributed by atoms with E-state index in [-0.39, 0.29) is 17.5 Å². The monoisotopic (exact) mass is 658 g/mol. The zero-order valence-electron chi connectivity index (χ0n) is 29.1. The number of piperidine rings is 1. The van der Waals surface area contributed by atoms with Crippen LogP contribution in [0.3, 0.4) is 0 Å². The maximum atomic E-state index is 14.5. The third-order valence-electron chi connectivity index (χ3n) is 9.27. The van der Waals surface area contributed by atoms with Crippen molar-refractivity contribution >= 4 is 17.4 Å². The van der Waals surface area contributed by atoms with Crippen LogP contribution in [0.2, 0.25) is 0 Å². The number of aryl methyl sites for hydroxylation is 1. The number of anilines is 1. The molecule has 5 heterocycles. The number of benzene rings is 2. The van der Waals surface area contributed by atoms with Crippen molar-refractivity contribution in [1.82, 2.24) is 14.6 Å². The van der Waals surface area contributed by atoms with Crippen LogP contribution >= 0.6 is 0 Å². The first-order chi connectivity index (χ1) is 22.8. The second kappa shape index (κ2) is 13.5. The van der Waals surface area contributed by atoms with Gasteiger partial charge in [-0.3, -0.25) is 0 Å². The Morgan fingerprint density at radius 3 is 2.56 bits per heavy atom. The number of hydrogen-bond acceptors (Lipinski definition) is 8. The van der Waals surface area contributed by atoms with Crippen molar-refractivity contribution < 1.29 is 28.1 Å². The van der Waals surface area contributed by atoms with Gasteiger partial charge in [-0.05, 0) is 97.4 Å². The van der Waals surface area contributed by atoms with E-state index in [2.05, 4.69) is 11.8 Å². The van der Waals surface area contributed by atoms with Crippen LogP contribution in [0, 0.1) is 12.7 Å². The molecule has 2 aromatic carbocycles. The highest BCUT2D eigenvalue weighted by Gasteiger charge is 2.38. The molecule has 0 amide bonds. The minimum absolute atomic E-state index is 0.0883. The molecule has 0 aliphatic carbocycles. The molecule has 48 heavy (non-hydrogen) atoms. The van der Waals surface area contributed by atoms with Crippen LogP contribution in [0.1, 0.15) is 84.1 Å². The molecule has 3 aliphatic heterocycles. The SMILES string of the molecule is COC(=O)[C@@H](OC(C)(C)C)c1c(C)nc2cc3nn2c1N1CCC(C)(CC1)OCCCC[C@H](C)Oc1cc(F)ccc1-c1cccc-3c1. The summed E-state index contributed by atoms with van der Waals surface area (Å²) in [5.74, 6) is 0.437. The smallest absolute Gasteiger partial charge is 0.339 e. The average molecular weight is 659 g/mol. The van der Waals surface area contributed by atoms with Gasteiger partial charge in [0.25, 0.3) is 0 Å². The van der Waals surface area contributed by atoms with E-state index in [1.807, 2.05) is 69.5 Å². The van der Waals surface area contributed by atoms with E-state index in [0.29, 0.717) is 48.0 Å². The van der Waals surface area contributed by atoms with E-state index in [0.717, 1.165) is 54.6 Å². The molecule has 7 rings (SSSR count). The fourth-order valence-electron chi connectivity index (χ4n) is 6.69. The van der Waals surface area contributed by atoms with Crippen molar-refractivity contribution in [3.63, 3.8) is 0 Å². The van der Waals surface area contributed by atoms with Gasteiger partial charge in [0, 0.05) is 48.6 Å². The Kier molecular flexibility index (Phi) is 9.51. The van der Waals surface area contributed by atoms with E-state index in [1.54, 1.807) is 6.07 Å². The van der Waals surface area contributed by atoms with Crippen molar-refractivity contribution in [2.45, 2.75) is 97.1 Å². The molecule has 9 nitrogen and oxygen atoms in total. The van der Waals surface area contributed by atoms with E-state index in [4.69, 9.17) is 29.0 Å². The first kappa shape index (κ1) is 33.9. The van der Waals surface area contributed by atoms with Gasteiger partial charge in [-0.1, -0.05) is 18.2 Å². The molecule has 256 valence electrons. The summed E-state index contributed by atoms with van der Waals surface area (Å²) in [6.45, 7) is 13.9. The number of nitrogens with zero attached hydrogens (tertiary/aromatic N) is 4. The van der Waals surface area contributed by atoms with Crippen LogP contribution < -0.4 is 9.64 Å². The number of carbonyl (C=O) groups excluding carboxylic acids is 1. The highest BCUT2D eigenvalue weighted by Crippen LogP contribution is 2.40. The fraction of sp³-hybridized carbons (Fsp3) is 0.500. The highest BCUT2D eigenvalue weighted by atomic mass is 19.1. The van der Waals surface area contributed by atoms with Gasteiger partial charge in [0.1, 0.15) is 17.4 Å². The van der Waals surface area contributed by atoms with Gasteiger partial charge in [-0.15, -0.1) is 0 Å². The molecule has 0 unspecified atom stereocenters. The van der Waals surface area contributed by atoms with Crippen LogP contribution in [-0.2, 0) is 19.0 Å². The lowest BCUT2D eigenvalue weighted by Gasteiger charge is -2.41. The molecule has 0 radical (unpaired) electrons. The van der Waals surface area contributed by atoms with Crippen molar-refractivity contribution in [2.24, 2.45) is 0 Å². The summed E-state index contributed by atoms with van der Waals surface area (Å²) in [4.78, 5) is 20.6. The van der Waals surface area contributed by atoms with E-state index < -0.39 is 17.7 Å². The summed E-state index contributed by atoms with van der Waals surface area (Å²) < 4.78 is 40.8. The van der Waals surface area contributed by atoms with Gasteiger partial charge in [0.2, 0.25) is 0 Å². The van der Waals surface area contributed by atoms with Crippen molar-refractivity contribution in [2.75, 3.05) is 31.7 Å². The number of fused-ring (bicyclic) bond motifs is 8. The molecule has 10 heteroatoms. The van der Waals surface area contributed by atoms with Gasteiger partial charge < -0.3 is 23.8 Å². The summed E-state index contributed by atoms with van der Waals surface area (Å²) in [6, 6.07) is 14.7. The molecule has 2 aromatic heterocycles. The standard InChI is InChI=1S/C38H47FN4O5/c1-24-11-8-9-20-46-38(6)16-18-42(19-17-38)35-33(34(36(44)45-7)48-37(3,4)5)25(2)40-32-23-30(41-43(32)35)27-13-10-12-26(21-27)29-15-14-28(39)22-31(29)47-24/h10,12-15,21-24,34H,8-9,11,16-20H2,1-7H3/t24-,34-/m0/s1. The summed E-state index contributed by atoms with van der Waals surface area (Å²) >= 11 is 0. The highest BCUT2D eigenvalue weighted by molar-refractivity contribution is 5.81. The van der Waals surface area contributed by atoms with E-state index in [1.165, 1.54) is 19.2 Å². The van der Waals surface area contributed by atoms with Gasteiger partial charge >= 0.3 is 5.97 Å². The average Bonchev–Trinajstić information content (AvgIpc) is 3.46. The number of rotatable bonds is 3. The number of halogens is 1. The van der Waals surface area contributed by atoms with E-state index in [9.17, 15) is 9.18 Å². The van der Waals surface area contributed by atoms with Gasteiger partial charge in [0.05, 0.1) is 35.7 Å². The maximum absolute atomic E-state index is 14.5. The first-order valence-corrected chi connectivity index (χ1v) is 17.0. The lowest BCUT2D eigenvalue weighted by atomic mass is 9.92. The molecule has 1 fully saturated rings. The Morgan fingerprint density at radius 2 is 1.83 bits per heavy atom. The van der Waals surface area contributed by atoms with Gasteiger partial charge in [-0.2, -0.15) is 9.61 Å². The summed E-state index contributed by atoms with van der Waals surface area (Å²) in [5, 5.41) is 5.12. The largest absolute Gasteiger partial charge is 0.490 e. The van der Waals surface area contributed by atoms with Gasteiger partial charge in [-0.25, -0.2) is 14.2 Å². The molecule has 6 bridgehead atoms. The quantitative estimate of drug-likeness (QED) is 0.206. The number of esters is 1. The van der Waals surface area contributed by atoms with E-state index >= 15 is 0 Å². The summed E-state index contributed by atoms with van der Waals surface area (Å²) in [6.07, 6.45) is 3.18. The molecule has 4 aromatic rings. The molecular weight excluding hydrogens is 611 g/mol. The summed E-state index contributed by atoms with van der Waals surface area (Å²) in [5.41, 5.74) is 4.33. The van der Waals surface area contributed by atoms with Crippen LogP contribution in [0.15, 0.2) is 48.5 Å². The number of methoxy groups -OCH3 is 1. The first-order valence-electron chi connectivity index (χ1n) is 17.0. The molecule has 0 saturated carbocycles. The Balaban J connectivity index is 1.54. The molecule has 2 atom stereocenters. The fourth-order valence-corrected chi connectivity index (χ4v) is 6.69. The molecule has 0 N–H and O–H groups in total. The van der Waals surface area contributed by atoms with Crippen molar-refractivity contribution in [3.05, 3.63) is 65.6 Å². The minimum Gasteiger partial charge on any atom is -0.490 e. The van der Waals surface area contributed by atoms with Crippen molar-refractivity contribution in [1.29, 1.82) is 0 Å². The Labute approximate surface area is 282 Å². The van der Waals surface area contributed by atoms with Crippen LogP contribution in [-0.4, -0.2) is 64.7 Å². The lowest BCUT2D eigenvalue weighted by molar-refractivity contribution is -0.164. The minimum atomic E-state index is -1.01. The molecular formula is C38H47FN4O5. The number of aromatic nitrogens is 3. The van der Waals surface area contributed by atoms with Crippen LogP contribution in [0.25, 0.3) is 28.0 Å². The predicted molar refractivity (Wildman–Crippen MR) is 184 cm³/mol. The molecule has 0 spiro atoms. The third-order valence-corrected chi connectivity index (χ3v) is 9.27. The molecule has 1 saturated heterocycles. The third kappa shape index (κ3) is 7.20. The predicted octanol–water partition coefficient (Wildman–Crippen LogP) is 7.87. The number of hydrogen-bond donors (Lipinski definition) is 0. The normalized spacial score (nSPS) is 21.1. The Morgan fingerprint density at radius 1 is 1.08 bits per heavy atom. The second-order valence-corrected chi connectivity index (χ2v) is 14.3. The summed E-state index contributed by atoms with van der Waals surface area (Å²) in [7, 11) is 1.38. The maximum Gasteiger partial charge on any atom is 0.339 e. The Bertz CT molecular complexity index is 1790. The zero-order chi connectivity index (χ0) is 34.2. The number of carbonyl (C=O) groups is 1. The number of ether oxygens (including phenoxy) is 4. The Hall–Kier alpha value is -4.02. The second-order valence-electron chi connectivity index (χ2n) is 14.3. The van der Waals surface area contributed by atoms with Gasteiger partial charge in [0.15, 0.2) is 11.8 Å². The lowest BCUT2D eigenvalue weighted by Crippen LogP contribution is -2.46. The van der Waals surface area contributed by atoms with Crippen LogP contribution in [0.5, 0.6) is 5.75 Å². The molecule has 3 aliphatic rings.